The summed E-state index contributed by atoms with van der Waals surface area (Å²) in [6.07, 6.45) is 1.68. The standard InChI is InChI=1S/C19H20ClNO4S/c1-13-5-6-15(11-14(13)2)25-19(22)17-12-16(7-8-18(17)20)26(23,24)21-9-3-4-10-21/h5-8,11-12H,3-4,9-10H2,1-2H3. The molecule has 0 aliphatic carbocycles. The predicted molar refractivity (Wildman–Crippen MR) is 100 cm³/mol. The SMILES string of the molecule is Cc1ccc(OC(=O)c2cc(S(=O)(=O)N3CCCC3)ccc2Cl)cc1C. The molecule has 0 spiro atoms. The van der Waals surface area contributed by atoms with Crippen LogP contribution in [0.2, 0.25) is 5.02 Å². The summed E-state index contributed by atoms with van der Waals surface area (Å²) in [6, 6.07) is 9.43. The predicted octanol–water partition coefficient (Wildman–Crippen LogP) is 3.96. The third-order valence-corrected chi connectivity index (χ3v) is 6.77. The maximum Gasteiger partial charge on any atom is 0.345 e. The molecule has 7 heteroatoms. The molecule has 1 heterocycles. The van der Waals surface area contributed by atoms with E-state index in [9.17, 15) is 13.2 Å². The van der Waals surface area contributed by atoms with Gasteiger partial charge in [0.25, 0.3) is 0 Å². The average molecular weight is 394 g/mol. The van der Waals surface area contributed by atoms with Gasteiger partial charge < -0.3 is 4.74 Å². The fourth-order valence-corrected chi connectivity index (χ4v) is 4.58. The van der Waals surface area contributed by atoms with E-state index in [0.29, 0.717) is 18.8 Å². The van der Waals surface area contributed by atoms with Crippen molar-refractivity contribution in [3.05, 3.63) is 58.1 Å². The van der Waals surface area contributed by atoms with Crippen molar-refractivity contribution in [2.75, 3.05) is 13.1 Å². The van der Waals surface area contributed by atoms with Crippen LogP contribution in [-0.4, -0.2) is 31.8 Å². The Labute approximate surface area is 158 Å². The van der Waals surface area contributed by atoms with Crippen molar-refractivity contribution < 1.29 is 17.9 Å². The number of hydrogen-bond acceptors (Lipinski definition) is 4. The largest absolute Gasteiger partial charge is 0.423 e. The number of ether oxygens (including phenoxy) is 1. The van der Waals surface area contributed by atoms with Crippen LogP contribution in [0.4, 0.5) is 0 Å². The highest BCUT2D eigenvalue weighted by atomic mass is 35.5. The van der Waals surface area contributed by atoms with E-state index in [1.165, 1.54) is 22.5 Å². The van der Waals surface area contributed by atoms with Crippen molar-refractivity contribution in [3.8, 4) is 5.75 Å². The summed E-state index contributed by atoms with van der Waals surface area (Å²) in [6.45, 7) is 4.87. The van der Waals surface area contributed by atoms with Crippen LogP contribution in [-0.2, 0) is 10.0 Å². The van der Waals surface area contributed by atoms with Gasteiger partial charge >= 0.3 is 5.97 Å². The number of sulfonamides is 1. The molecule has 0 bridgehead atoms. The zero-order chi connectivity index (χ0) is 18.9. The van der Waals surface area contributed by atoms with Crippen molar-refractivity contribution in [1.82, 2.24) is 4.31 Å². The Morgan fingerprint density at radius 3 is 2.38 bits per heavy atom. The van der Waals surface area contributed by atoms with Gasteiger partial charge in [-0.1, -0.05) is 17.7 Å². The van der Waals surface area contributed by atoms with Crippen molar-refractivity contribution in [2.24, 2.45) is 0 Å². The molecular formula is C19H20ClNO4S. The van der Waals surface area contributed by atoms with Gasteiger partial charge in [-0.3, -0.25) is 0 Å². The van der Waals surface area contributed by atoms with Crippen LogP contribution in [0.3, 0.4) is 0 Å². The van der Waals surface area contributed by atoms with Crippen LogP contribution in [0.1, 0.15) is 34.3 Å². The summed E-state index contributed by atoms with van der Waals surface area (Å²) in [7, 11) is -3.63. The summed E-state index contributed by atoms with van der Waals surface area (Å²) in [5.74, 6) is -0.293. The Morgan fingerprint density at radius 1 is 1.04 bits per heavy atom. The summed E-state index contributed by atoms with van der Waals surface area (Å²) in [5.41, 5.74) is 2.11. The van der Waals surface area contributed by atoms with Gasteiger partial charge in [0.1, 0.15) is 5.75 Å². The van der Waals surface area contributed by atoms with Crippen molar-refractivity contribution >= 4 is 27.6 Å². The average Bonchev–Trinajstić information content (AvgIpc) is 3.13. The van der Waals surface area contributed by atoms with Crippen LogP contribution in [0.25, 0.3) is 0 Å². The molecule has 3 rings (SSSR count). The smallest absolute Gasteiger partial charge is 0.345 e. The molecule has 0 N–H and O–H groups in total. The molecule has 2 aromatic rings. The Bertz CT molecular complexity index is 950. The minimum Gasteiger partial charge on any atom is -0.423 e. The number of carbonyl (C=O) groups excluding carboxylic acids is 1. The number of halogens is 1. The number of aryl methyl sites for hydroxylation is 2. The Hall–Kier alpha value is -1.89. The molecule has 0 atom stereocenters. The van der Waals surface area contributed by atoms with Gasteiger partial charge in [0.2, 0.25) is 10.0 Å². The van der Waals surface area contributed by atoms with Gasteiger partial charge in [-0.05, 0) is 68.1 Å². The van der Waals surface area contributed by atoms with Gasteiger partial charge in [0.15, 0.2) is 0 Å². The van der Waals surface area contributed by atoms with Gasteiger partial charge in [0.05, 0.1) is 15.5 Å². The van der Waals surface area contributed by atoms with Crippen molar-refractivity contribution in [3.63, 3.8) is 0 Å². The van der Waals surface area contributed by atoms with Crippen LogP contribution >= 0.6 is 11.6 Å². The summed E-state index contributed by atoms with van der Waals surface area (Å²) >= 11 is 6.11. The van der Waals surface area contributed by atoms with E-state index in [2.05, 4.69) is 0 Å². The minimum absolute atomic E-state index is 0.0326. The second-order valence-electron chi connectivity index (χ2n) is 6.39. The Morgan fingerprint density at radius 2 is 1.73 bits per heavy atom. The van der Waals surface area contributed by atoms with Crippen molar-refractivity contribution in [1.29, 1.82) is 0 Å². The number of esters is 1. The fourth-order valence-electron chi connectivity index (χ4n) is 2.84. The quantitative estimate of drug-likeness (QED) is 0.582. The molecule has 1 fully saturated rings. The molecule has 1 saturated heterocycles. The van der Waals surface area contributed by atoms with Crippen LogP contribution < -0.4 is 4.74 Å². The normalized spacial score (nSPS) is 15.2. The minimum atomic E-state index is -3.63. The summed E-state index contributed by atoms with van der Waals surface area (Å²) in [5, 5.41) is 0.152. The number of hydrogen-bond donors (Lipinski definition) is 0. The van der Waals surface area contributed by atoms with Gasteiger partial charge in [0, 0.05) is 13.1 Å². The van der Waals surface area contributed by atoms with E-state index >= 15 is 0 Å². The summed E-state index contributed by atoms with van der Waals surface area (Å²) in [4.78, 5) is 12.6. The fraction of sp³-hybridized carbons (Fsp3) is 0.316. The lowest BCUT2D eigenvalue weighted by molar-refractivity contribution is 0.0734. The first-order chi connectivity index (χ1) is 12.3. The van der Waals surface area contributed by atoms with Gasteiger partial charge in [-0.15, -0.1) is 0 Å². The van der Waals surface area contributed by atoms with E-state index in [-0.39, 0.29) is 15.5 Å². The second-order valence-corrected chi connectivity index (χ2v) is 8.73. The molecule has 0 unspecified atom stereocenters. The maximum absolute atomic E-state index is 12.7. The van der Waals surface area contributed by atoms with Gasteiger partial charge in [-0.2, -0.15) is 4.31 Å². The van der Waals surface area contributed by atoms with E-state index in [0.717, 1.165) is 24.0 Å². The highest BCUT2D eigenvalue weighted by Crippen LogP contribution is 2.26. The lowest BCUT2D eigenvalue weighted by Gasteiger charge is -2.16. The molecule has 138 valence electrons. The lowest BCUT2D eigenvalue weighted by atomic mass is 10.1. The van der Waals surface area contributed by atoms with Gasteiger partial charge in [-0.25, -0.2) is 13.2 Å². The third kappa shape index (κ3) is 3.77. The van der Waals surface area contributed by atoms with Crippen LogP contribution in [0.5, 0.6) is 5.75 Å². The first-order valence-electron chi connectivity index (χ1n) is 8.38. The molecule has 1 aliphatic heterocycles. The maximum atomic E-state index is 12.7. The highest BCUT2D eigenvalue weighted by Gasteiger charge is 2.28. The summed E-state index contributed by atoms with van der Waals surface area (Å²) < 4.78 is 32.2. The first kappa shape index (κ1) is 18.9. The molecule has 2 aromatic carbocycles. The zero-order valence-corrected chi connectivity index (χ0v) is 16.2. The number of benzene rings is 2. The van der Waals surface area contributed by atoms with Crippen LogP contribution in [0, 0.1) is 13.8 Å². The number of carbonyl (C=O) groups is 1. The van der Waals surface area contributed by atoms with Crippen LogP contribution in [0.15, 0.2) is 41.3 Å². The number of nitrogens with zero attached hydrogens (tertiary/aromatic N) is 1. The lowest BCUT2D eigenvalue weighted by Crippen LogP contribution is -2.28. The molecule has 5 nitrogen and oxygen atoms in total. The van der Waals surface area contributed by atoms with E-state index in [1.54, 1.807) is 12.1 Å². The van der Waals surface area contributed by atoms with Crippen molar-refractivity contribution in [2.45, 2.75) is 31.6 Å². The monoisotopic (exact) mass is 393 g/mol. The van der Waals surface area contributed by atoms with E-state index < -0.39 is 16.0 Å². The van der Waals surface area contributed by atoms with E-state index in [4.69, 9.17) is 16.3 Å². The Balaban J connectivity index is 1.89. The Kier molecular flexibility index (Phi) is 5.37. The number of rotatable bonds is 4. The second kappa shape index (κ2) is 7.39. The molecular weight excluding hydrogens is 374 g/mol. The van der Waals surface area contributed by atoms with E-state index in [1.807, 2.05) is 19.9 Å². The first-order valence-corrected chi connectivity index (χ1v) is 10.2. The zero-order valence-electron chi connectivity index (χ0n) is 14.7. The molecule has 1 aliphatic rings. The molecule has 0 aromatic heterocycles. The highest BCUT2D eigenvalue weighted by molar-refractivity contribution is 7.89. The molecule has 0 amide bonds. The molecule has 26 heavy (non-hydrogen) atoms. The third-order valence-electron chi connectivity index (χ3n) is 4.55. The molecule has 0 saturated carbocycles. The topological polar surface area (TPSA) is 63.7 Å². The molecule has 0 radical (unpaired) electrons.